The van der Waals surface area contributed by atoms with E-state index in [1.165, 1.54) is 0 Å². The summed E-state index contributed by atoms with van der Waals surface area (Å²) in [5.41, 5.74) is 3.45. The number of benzene rings is 1. The molecule has 7 nitrogen and oxygen atoms in total. The molecule has 162 valence electrons. The molecule has 0 N–H and O–H groups in total. The second-order valence-electron chi connectivity index (χ2n) is 7.78. The number of aryl methyl sites for hydroxylation is 2. The van der Waals surface area contributed by atoms with Crippen molar-refractivity contribution in [3.05, 3.63) is 52.3 Å². The number of aromatic nitrogens is 3. The largest absolute Gasteiger partial charge is 0.462 e. The molecule has 0 spiro atoms. The number of pyridine rings is 1. The zero-order chi connectivity index (χ0) is 22.1. The number of halogens is 1. The van der Waals surface area contributed by atoms with E-state index in [4.69, 9.17) is 16.3 Å². The van der Waals surface area contributed by atoms with E-state index in [1.54, 1.807) is 42.1 Å². The predicted octanol–water partition coefficient (Wildman–Crippen LogP) is 4.21. The maximum Gasteiger partial charge on any atom is 0.341 e. The lowest BCUT2D eigenvalue weighted by atomic mass is 9.88. The van der Waals surface area contributed by atoms with Crippen LogP contribution >= 0.6 is 11.6 Å². The molecule has 1 aliphatic heterocycles. The van der Waals surface area contributed by atoms with Gasteiger partial charge in [-0.2, -0.15) is 5.10 Å². The summed E-state index contributed by atoms with van der Waals surface area (Å²) in [4.78, 5) is 32.2. The Labute approximate surface area is 186 Å². The van der Waals surface area contributed by atoms with Gasteiger partial charge >= 0.3 is 5.97 Å². The Morgan fingerprint density at radius 1 is 1.19 bits per heavy atom. The third-order valence-corrected chi connectivity index (χ3v) is 6.06. The minimum absolute atomic E-state index is 0.0595. The monoisotopic (exact) mass is 440 g/mol. The lowest BCUT2D eigenvalue weighted by Crippen LogP contribution is -2.37. The second kappa shape index (κ2) is 8.67. The average molecular weight is 441 g/mol. The van der Waals surface area contributed by atoms with Crippen LogP contribution in [0.2, 0.25) is 5.02 Å². The van der Waals surface area contributed by atoms with Crippen molar-refractivity contribution in [1.82, 2.24) is 14.8 Å². The highest BCUT2D eigenvalue weighted by atomic mass is 35.5. The van der Waals surface area contributed by atoms with Gasteiger partial charge in [0.25, 0.3) is 0 Å². The first-order chi connectivity index (χ1) is 14.9. The van der Waals surface area contributed by atoms with Crippen molar-refractivity contribution >= 4 is 40.1 Å². The first kappa shape index (κ1) is 21.3. The van der Waals surface area contributed by atoms with Gasteiger partial charge in [-0.3, -0.25) is 9.48 Å². The van der Waals surface area contributed by atoms with Crippen molar-refractivity contribution < 1.29 is 14.3 Å². The topological polar surface area (TPSA) is 77.3 Å². The molecular formula is C23H25ClN4O3. The number of ketones is 1. The van der Waals surface area contributed by atoms with Crippen LogP contribution in [0.25, 0.3) is 11.0 Å². The number of esters is 1. The van der Waals surface area contributed by atoms with Crippen LogP contribution in [0.5, 0.6) is 0 Å². The Morgan fingerprint density at radius 2 is 1.87 bits per heavy atom. The van der Waals surface area contributed by atoms with Crippen molar-refractivity contribution in [1.29, 1.82) is 0 Å². The van der Waals surface area contributed by atoms with E-state index in [9.17, 15) is 9.59 Å². The van der Waals surface area contributed by atoms with Gasteiger partial charge in [0.05, 0.1) is 23.4 Å². The molecule has 1 aromatic carbocycles. The van der Waals surface area contributed by atoms with E-state index in [1.807, 2.05) is 14.0 Å². The number of carbonyl (C=O) groups is 2. The SMILES string of the molecule is CCOC(=O)c1cnc2c(c(C)nn2C)c1N1CCC(C(=O)c2ccc(Cl)cc2)CC1. The summed E-state index contributed by atoms with van der Waals surface area (Å²) < 4.78 is 7.01. The summed E-state index contributed by atoms with van der Waals surface area (Å²) in [6, 6.07) is 7.05. The van der Waals surface area contributed by atoms with Gasteiger partial charge in [0.2, 0.25) is 0 Å². The van der Waals surface area contributed by atoms with Crippen molar-refractivity contribution in [3.63, 3.8) is 0 Å². The number of piperidine rings is 1. The second-order valence-corrected chi connectivity index (χ2v) is 8.22. The van der Waals surface area contributed by atoms with Gasteiger partial charge in [0.15, 0.2) is 11.4 Å². The number of nitrogens with zero attached hydrogens (tertiary/aromatic N) is 4. The zero-order valence-corrected chi connectivity index (χ0v) is 18.6. The minimum Gasteiger partial charge on any atom is -0.462 e. The summed E-state index contributed by atoms with van der Waals surface area (Å²) >= 11 is 5.95. The molecule has 4 rings (SSSR count). The molecule has 8 heteroatoms. The highest BCUT2D eigenvalue weighted by molar-refractivity contribution is 6.30. The summed E-state index contributed by atoms with van der Waals surface area (Å²) in [5, 5.41) is 5.97. The van der Waals surface area contributed by atoms with E-state index < -0.39 is 5.97 Å². The highest BCUT2D eigenvalue weighted by Gasteiger charge is 2.30. The fourth-order valence-electron chi connectivity index (χ4n) is 4.29. The number of fused-ring (bicyclic) bond motifs is 1. The molecule has 3 heterocycles. The Morgan fingerprint density at radius 3 is 2.52 bits per heavy atom. The van der Waals surface area contributed by atoms with Crippen LogP contribution in [0.1, 0.15) is 46.2 Å². The van der Waals surface area contributed by atoms with Crippen LogP contribution in [-0.2, 0) is 11.8 Å². The lowest BCUT2D eigenvalue weighted by molar-refractivity contribution is 0.0526. The molecular weight excluding hydrogens is 416 g/mol. The first-order valence-electron chi connectivity index (χ1n) is 10.4. The molecule has 0 aliphatic carbocycles. The van der Waals surface area contributed by atoms with Gasteiger partial charge in [0, 0.05) is 42.8 Å². The Bertz CT molecular complexity index is 1130. The molecule has 0 atom stereocenters. The van der Waals surface area contributed by atoms with Crippen molar-refractivity contribution in [2.24, 2.45) is 13.0 Å². The molecule has 0 saturated carbocycles. The van der Waals surface area contributed by atoms with E-state index in [2.05, 4.69) is 15.0 Å². The third-order valence-electron chi connectivity index (χ3n) is 5.81. The Hall–Kier alpha value is -2.93. The smallest absolute Gasteiger partial charge is 0.341 e. The number of rotatable bonds is 5. The minimum atomic E-state index is -0.394. The van der Waals surface area contributed by atoms with Crippen LogP contribution < -0.4 is 4.90 Å². The van der Waals surface area contributed by atoms with Gasteiger partial charge in [-0.1, -0.05) is 11.6 Å². The van der Waals surface area contributed by atoms with E-state index in [-0.39, 0.29) is 11.7 Å². The lowest BCUT2D eigenvalue weighted by Gasteiger charge is -2.34. The molecule has 0 bridgehead atoms. The molecule has 1 fully saturated rings. The van der Waals surface area contributed by atoms with E-state index >= 15 is 0 Å². The normalized spacial score (nSPS) is 14.8. The van der Waals surface area contributed by atoms with Crippen LogP contribution in [0.15, 0.2) is 30.5 Å². The van der Waals surface area contributed by atoms with Gasteiger partial charge in [0.1, 0.15) is 5.56 Å². The molecule has 31 heavy (non-hydrogen) atoms. The third kappa shape index (κ3) is 4.02. The molecule has 0 amide bonds. The van der Waals surface area contributed by atoms with Crippen LogP contribution in [-0.4, -0.2) is 46.2 Å². The van der Waals surface area contributed by atoms with Crippen LogP contribution in [0.4, 0.5) is 5.69 Å². The number of hydrogen-bond donors (Lipinski definition) is 0. The molecule has 1 saturated heterocycles. The zero-order valence-electron chi connectivity index (χ0n) is 17.9. The maximum absolute atomic E-state index is 12.9. The fourth-order valence-corrected chi connectivity index (χ4v) is 4.42. The summed E-state index contributed by atoms with van der Waals surface area (Å²) in [6.07, 6.45) is 2.97. The average Bonchev–Trinajstić information content (AvgIpc) is 3.07. The molecule has 3 aromatic rings. The number of hydrogen-bond acceptors (Lipinski definition) is 6. The van der Waals surface area contributed by atoms with E-state index in [0.29, 0.717) is 48.7 Å². The molecule has 0 unspecified atom stereocenters. The predicted molar refractivity (Wildman–Crippen MR) is 120 cm³/mol. The number of Topliss-reactive ketones (excluding diaryl/α,β-unsaturated/α-hetero) is 1. The van der Waals surface area contributed by atoms with Gasteiger partial charge in [-0.25, -0.2) is 9.78 Å². The number of carbonyl (C=O) groups excluding carboxylic acids is 2. The summed E-state index contributed by atoms with van der Waals surface area (Å²) in [7, 11) is 1.84. The number of anilines is 1. The van der Waals surface area contributed by atoms with Crippen molar-refractivity contribution in [2.45, 2.75) is 26.7 Å². The number of ether oxygens (including phenoxy) is 1. The van der Waals surface area contributed by atoms with E-state index in [0.717, 1.165) is 22.4 Å². The van der Waals surface area contributed by atoms with Crippen LogP contribution in [0, 0.1) is 12.8 Å². The highest BCUT2D eigenvalue weighted by Crippen LogP contribution is 2.35. The molecule has 2 aromatic heterocycles. The fraction of sp³-hybridized carbons (Fsp3) is 0.391. The summed E-state index contributed by atoms with van der Waals surface area (Å²) in [6.45, 7) is 5.31. The summed E-state index contributed by atoms with van der Waals surface area (Å²) in [5.74, 6) is -0.315. The standard InChI is InChI=1S/C23H25ClN4O3/c1-4-31-23(30)18-13-25-22-19(14(2)26-27(22)3)20(18)28-11-9-16(10-12-28)21(29)15-5-7-17(24)8-6-15/h5-8,13,16H,4,9-12H2,1-3H3. The Balaban J connectivity index is 1.63. The van der Waals surface area contributed by atoms with Gasteiger partial charge in [-0.05, 0) is 51.0 Å². The van der Waals surface area contributed by atoms with Crippen molar-refractivity contribution in [2.75, 3.05) is 24.6 Å². The molecule has 1 aliphatic rings. The van der Waals surface area contributed by atoms with Gasteiger partial charge in [-0.15, -0.1) is 0 Å². The van der Waals surface area contributed by atoms with Crippen LogP contribution in [0.3, 0.4) is 0 Å². The first-order valence-corrected chi connectivity index (χ1v) is 10.8. The van der Waals surface area contributed by atoms with Crippen molar-refractivity contribution in [3.8, 4) is 0 Å². The quantitative estimate of drug-likeness (QED) is 0.437. The Kier molecular flexibility index (Phi) is 5.96. The van der Waals surface area contributed by atoms with Gasteiger partial charge < -0.3 is 9.64 Å². The maximum atomic E-state index is 12.9. The molecule has 0 radical (unpaired) electrons.